The number of sulfone groups is 1. The number of anilines is 2. The summed E-state index contributed by atoms with van der Waals surface area (Å²) < 4.78 is 46.1. The summed E-state index contributed by atoms with van der Waals surface area (Å²) >= 11 is 0. The van der Waals surface area contributed by atoms with Crippen molar-refractivity contribution in [3.05, 3.63) is 18.2 Å². The van der Waals surface area contributed by atoms with Gasteiger partial charge in [0.2, 0.25) is 10.0 Å². The first-order valence-electron chi connectivity index (χ1n) is 6.07. The predicted molar refractivity (Wildman–Crippen MR) is 77.7 cm³/mol. The van der Waals surface area contributed by atoms with Crippen molar-refractivity contribution < 1.29 is 16.8 Å². The molecule has 0 bridgehead atoms. The fourth-order valence-corrected chi connectivity index (χ4v) is 4.19. The standard InChI is InChI=1S/C11H17N3O4S2/c12-11-9(3-1-4-10(11)20(13,17)18)14-5-2-7-19(15,16)8-6-14/h1,3-4H,2,5-8,12H2,(H2,13,17,18). The number of rotatable bonds is 2. The molecule has 0 aromatic heterocycles. The maximum Gasteiger partial charge on any atom is 0.240 e. The normalized spacial score (nSPS) is 19.6. The zero-order chi connectivity index (χ0) is 15.0. The van der Waals surface area contributed by atoms with E-state index in [0.717, 1.165) is 0 Å². The van der Waals surface area contributed by atoms with E-state index in [2.05, 4.69) is 0 Å². The van der Waals surface area contributed by atoms with Gasteiger partial charge in [-0.1, -0.05) is 6.07 Å². The molecule has 2 rings (SSSR count). The fraction of sp³-hybridized carbons (Fsp3) is 0.455. The summed E-state index contributed by atoms with van der Waals surface area (Å²) in [6, 6.07) is 4.55. The number of hydrogen-bond acceptors (Lipinski definition) is 6. The van der Waals surface area contributed by atoms with Crippen LogP contribution in [0.2, 0.25) is 0 Å². The van der Waals surface area contributed by atoms with Crippen LogP contribution in [0.4, 0.5) is 11.4 Å². The minimum Gasteiger partial charge on any atom is -0.396 e. The van der Waals surface area contributed by atoms with Crippen molar-refractivity contribution in [3.63, 3.8) is 0 Å². The molecule has 0 spiro atoms. The van der Waals surface area contributed by atoms with Gasteiger partial charge in [0, 0.05) is 13.1 Å². The quantitative estimate of drug-likeness (QED) is 0.711. The molecule has 1 aromatic carbocycles. The van der Waals surface area contributed by atoms with E-state index in [4.69, 9.17) is 10.9 Å². The lowest BCUT2D eigenvalue weighted by Crippen LogP contribution is -2.28. The van der Waals surface area contributed by atoms with Gasteiger partial charge in [0.15, 0.2) is 9.84 Å². The molecule has 7 nitrogen and oxygen atoms in total. The largest absolute Gasteiger partial charge is 0.396 e. The average molecular weight is 319 g/mol. The Bertz CT molecular complexity index is 713. The molecule has 1 fully saturated rings. The number of primary sulfonamides is 1. The topological polar surface area (TPSA) is 124 Å². The van der Waals surface area contributed by atoms with Crippen LogP contribution in [0.25, 0.3) is 0 Å². The van der Waals surface area contributed by atoms with Gasteiger partial charge < -0.3 is 10.6 Å². The van der Waals surface area contributed by atoms with Crippen LogP contribution in [0.1, 0.15) is 6.42 Å². The molecule has 20 heavy (non-hydrogen) atoms. The zero-order valence-electron chi connectivity index (χ0n) is 10.8. The summed E-state index contributed by atoms with van der Waals surface area (Å²) in [7, 11) is -6.93. The number of nitrogens with two attached hydrogens (primary N) is 2. The van der Waals surface area contributed by atoms with Crippen molar-refractivity contribution in [2.24, 2.45) is 5.14 Å². The van der Waals surface area contributed by atoms with Gasteiger partial charge in [-0.25, -0.2) is 22.0 Å². The number of nitrogens with zero attached hydrogens (tertiary/aromatic N) is 1. The average Bonchev–Trinajstić information content (AvgIpc) is 2.49. The van der Waals surface area contributed by atoms with Crippen molar-refractivity contribution in [1.29, 1.82) is 0 Å². The predicted octanol–water partition coefficient (Wildman–Crippen LogP) is -0.459. The van der Waals surface area contributed by atoms with Gasteiger partial charge in [-0.05, 0) is 18.6 Å². The van der Waals surface area contributed by atoms with Crippen LogP contribution in [0, 0.1) is 0 Å². The van der Waals surface area contributed by atoms with Crippen LogP contribution in [-0.4, -0.2) is 41.4 Å². The van der Waals surface area contributed by atoms with Gasteiger partial charge in [0.1, 0.15) is 4.90 Å². The molecule has 0 radical (unpaired) electrons. The first-order chi connectivity index (χ1) is 9.21. The van der Waals surface area contributed by atoms with E-state index < -0.39 is 19.9 Å². The summed E-state index contributed by atoms with van der Waals surface area (Å²) in [5, 5.41) is 5.11. The first-order valence-corrected chi connectivity index (χ1v) is 9.44. The Morgan fingerprint density at radius 1 is 1.15 bits per heavy atom. The SMILES string of the molecule is Nc1c(N2CCCS(=O)(=O)CC2)cccc1S(N)(=O)=O. The van der Waals surface area contributed by atoms with E-state index in [1.165, 1.54) is 6.07 Å². The van der Waals surface area contributed by atoms with E-state index in [-0.39, 0.29) is 22.1 Å². The summed E-state index contributed by atoms with van der Waals surface area (Å²) in [4.78, 5) is 1.65. The second-order valence-electron chi connectivity index (χ2n) is 4.73. The maximum absolute atomic E-state index is 11.6. The molecule has 4 N–H and O–H groups in total. The van der Waals surface area contributed by atoms with E-state index in [0.29, 0.717) is 25.2 Å². The van der Waals surface area contributed by atoms with Gasteiger partial charge in [0.25, 0.3) is 0 Å². The number of para-hydroxylation sites is 1. The maximum atomic E-state index is 11.6. The summed E-state index contributed by atoms with van der Waals surface area (Å²) in [5.74, 6) is 0.171. The Morgan fingerprint density at radius 2 is 1.85 bits per heavy atom. The summed E-state index contributed by atoms with van der Waals surface area (Å²) in [6.07, 6.45) is 0.487. The molecule has 1 heterocycles. The molecule has 112 valence electrons. The van der Waals surface area contributed by atoms with Crippen molar-refractivity contribution in [1.82, 2.24) is 0 Å². The molecule has 1 aliphatic rings. The third-order valence-electron chi connectivity index (χ3n) is 3.25. The first kappa shape index (κ1) is 15.1. The highest BCUT2D eigenvalue weighted by molar-refractivity contribution is 7.91. The Balaban J connectivity index is 2.39. The zero-order valence-corrected chi connectivity index (χ0v) is 12.5. The van der Waals surface area contributed by atoms with Crippen molar-refractivity contribution >= 4 is 31.2 Å². The molecule has 0 unspecified atom stereocenters. The Kier molecular flexibility index (Phi) is 3.94. The highest BCUT2D eigenvalue weighted by Crippen LogP contribution is 2.29. The minimum absolute atomic E-state index is 0.0338. The van der Waals surface area contributed by atoms with Crippen LogP contribution in [-0.2, 0) is 19.9 Å². The molecule has 0 aliphatic carbocycles. The van der Waals surface area contributed by atoms with Crippen LogP contribution in [0.3, 0.4) is 0 Å². The smallest absolute Gasteiger partial charge is 0.240 e. The van der Waals surface area contributed by atoms with Crippen molar-refractivity contribution in [2.45, 2.75) is 11.3 Å². The molecular weight excluding hydrogens is 302 g/mol. The summed E-state index contributed by atoms with van der Waals surface area (Å²) in [6.45, 7) is 0.804. The molecule has 0 amide bonds. The number of hydrogen-bond donors (Lipinski definition) is 2. The van der Waals surface area contributed by atoms with E-state index in [1.807, 2.05) is 0 Å². The molecule has 9 heteroatoms. The lowest BCUT2D eigenvalue weighted by atomic mass is 10.2. The Morgan fingerprint density at radius 3 is 2.50 bits per heavy atom. The van der Waals surface area contributed by atoms with Gasteiger partial charge in [-0.15, -0.1) is 0 Å². The number of nitrogen functional groups attached to an aromatic ring is 1. The minimum atomic E-state index is -3.90. The molecule has 1 aliphatic heterocycles. The van der Waals surface area contributed by atoms with Crippen LogP contribution >= 0.6 is 0 Å². The number of sulfonamides is 1. The summed E-state index contributed by atoms with van der Waals surface area (Å²) in [5.41, 5.74) is 6.44. The third kappa shape index (κ3) is 3.22. The van der Waals surface area contributed by atoms with Gasteiger partial charge in [-0.3, -0.25) is 0 Å². The monoisotopic (exact) mass is 319 g/mol. The van der Waals surface area contributed by atoms with Crippen molar-refractivity contribution in [3.8, 4) is 0 Å². The van der Waals surface area contributed by atoms with E-state index in [1.54, 1.807) is 17.0 Å². The fourth-order valence-electron chi connectivity index (χ4n) is 2.24. The molecular formula is C11H17N3O4S2. The van der Waals surface area contributed by atoms with Crippen LogP contribution < -0.4 is 15.8 Å². The van der Waals surface area contributed by atoms with Gasteiger partial charge in [0.05, 0.1) is 22.9 Å². The second-order valence-corrected chi connectivity index (χ2v) is 8.56. The molecule has 0 saturated carbocycles. The van der Waals surface area contributed by atoms with Crippen molar-refractivity contribution in [2.75, 3.05) is 35.2 Å². The van der Waals surface area contributed by atoms with E-state index in [9.17, 15) is 16.8 Å². The van der Waals surface area contributed by atoms with Crippen LogP contribution in [0.5, 0.6) is 0 Å². The van der Waals surface area contributed by atoms with Crippen LogP contribution in [0.15, 0.2) is 23.1 Å². The Hall–Kier alpha value is -1.32. The molecule has 0 atom stereocenters. The number of benzene rings is 1. The highest BCUT2D eigenvalue weighted by atomic mass is 32.2. The molecule has 1 saturated heterocycles. The third-order valence-corrected chi connectivity index (χ3v) is 5.93. The van der Waals surface area contributed by atoms with Gasteiger partial charge >= 0.3 is 0 Å². The Labute approximate surface area is 118 Å². The lowest BCUT2D eigenvalue weighted by molar-refractivity contribution is 0.595. The van der Waals surface area contributed by atoms with E-state index >= 15 is 0 Å². The highest BCUT2D eigenvalue weighted by Gasteiger charge is 2.23. The second kappa shape index (κ2) is 5.23. The van der Waals surface area contributed by atoms with Gasteiger partial charge in [-0.2, -0.15) is 0 Å². The lowest BCUT2D eigenvalue weighted by Gasteiger charge is -2.24. The molecule has 1 aromatic rings.